The third-order valence-electron chi connectivity index (χ3n) is 3.67. The van der Waals surface area contributed by atoms with Gasteiger partial charge in [-0.15, -0.1) is 10.2 Å². The molecule has 1 saturated carbocycles. The van der Waals surface area contributed by atoms with Gasteiger partial charge in [0.05, 0.1) is 0 Å². The zero-order valence-electron chi connectivity index (χ0n) is 12.2. The Balaban J connectivity index is 1.39. The average Bonchev–Trinajstić information content (AvgIpc) is 3.15. The lowest BCUT2D eigenvalue weighted by atomic mass is 10.2. The number of nitrogens with zero attached hydrogens (tertiary/aromatic N) is 4. The maximum Gasteiger partial charge on any atom is 0.234 e. The Bertz CT molecular complexity index is 870. The van der Waals surface area contributed by atoms with Gasteiger partial charge in [-0.05, 0) is 31.0 Å². The average molecular weight is 348 g/mol. The van der Waals surface area contributed by atoms with Crippen molar-refractivity contribution in [3.05, 3.63) is 40.1 Å². The van der Waals surface area contributed by atoms with Gasteiger partial charge >= 0.3 is 0 Å². The quantitative estimate of drug-likeness (QED) is 0.768. The minimum atomic E-state index is -0.0550. The van der Waals surface area contributed by atoms with Gasteiger partial charge in [0.1, 0.15) is 5.01 Å². The number of rotatable bonds is 5. The number of amides is 1. The number of anilines is 1. The van der Waals surface area contributed by atoms with Crippen LogP contribution in [0.5, 0.6) is 0 Å². The number of fused-ring (bicyclic) bond motifs is 1. The van der Waals surface area contributed by atoms with E-state index in [1.807, 2.05) is 10.6 Å². The molecule has 0 atom stereocenters. The van der Waals surface area contributed by atoms with Gasteiger partial charge in [0.2, 0.25) is 10.9 Å². The molecule has 1 amide bonds. The maximum atomic E-state index is 12.0. The van der Waals surface area contributed by atoms with Gasteiger partial charge in [0, 0.05) is 29.5 Å². The van der Waals surface area contributed by atoms with E-state index >= 15 is 0 Å². The lowest BCUT2D eigenvalue weighted by Gasteiger charge is -2.04. The number of halogens is 1. The summed E-state index contributed by atoms with van der Waals surface area (Å²) in [6, 6.07) is 7.12. The van der Waals surface area contributed by atoms with Crippen molar-refractivity contribution < 1.29 is 4.79 Å². The molecule has 4 rings (SSSR count). The van der Waals surface area contributed by atoms with Crippen molar-refractivity contribution in [1.29, 1.82) is 0 Å². The number of hydrogen-bond acceptors (Lipinski definition) is 5. The molecule has 2 aromatic heterocycles. The van der Waals surface area contributed by atoms with E-state index in [9.17, 15) is 4.79 Å². The summed E-state index contributed by atoms with van der Waals surface area (Å²) >= 11 is 7.40. The fourth-order valence-electron chi connectivity index (χ4n) is 2.38. The topological polar surface area (TPSA) is 72.2 Å². The molecule has 0 unspecified atom stereocenters. The molecule has 118 valence electrons. The van der Waals surface area contributed by atoms with E-state index in [0.29, 0.717) is 29.5 Å². The molecular weight excluding hydrogens is 334 g/mol. The Kier molecular flexibility index (Phi) is 3.74. The summed E-state index contributed by atoms with van der Waals surface area (Å²) in [6.45, 7) is 0. The predicted molar refractivity (Wildman–Crippen MR) is 89.0 cm³/mol. The second kappa shape index (κ2) is 5.90. The van der Waals surface area contributed by atoms with Gasteiger partial charge in [-0.3, -0.25) is 4.79 Å². The molecule has 1 aliphatic carbocycles. The number of carbonyl (C=O) groups is 1. The van der Waals surface area contributed by atoms with Crippen molar-refractivity contribution in [3.8, 4) is 0 Å². The first-order chi connectivity index (χ1) is 11.2. The molecule has 1 fully saturated rings. The Morgan fingerprint density at radius 1 is 1.39 bits per heavy atom. The Morgan fingerprint density at radius 2 is 2.26 bits per heavy atom. The van der Waals surface area contributed by atoms with Crippen molar-refractivity contribution in [2.45, 2.75) is 31.6 Å². The highest BCUT2D eigenvalue weighted by Gasteiger charge is 2.30. The van der Waals surface area contributed by atoms with E-state index in [2.05, 4.69) is 20.6 Å². The molecule has 1 aromatic carbocycles. The number of nitrogens with one attached hydrogen (secondary N) is 1. The molecule has 23 heavy (non-hydrogen) atoms. The van der Waals surface area contributed by atoms with Gasteiger partial charge in [-0.1, -0.05) is 29.0 Å². The monoisotopic (exact) mass is 347 g/mol. The van der Waals surface area contributed by atoms with Crippen molar-refractivity contribution in [3.63, 3.8) is 0 Å². The third kappa shape index (κ3) is 3.20. The van der Waals surface area contributed by atoms with E-state index in [4.69, 9.17) is 11.6 Å². The van der Waals surface area contributed by atoms with E-state index in [0.717, 1.165) is 28.6 Å². The van der Waals surface area contributed by atoms with Gasteiger partial charge in [0.25, 0.3) is 0 Å². The highest BCUT2D eigenvalue weighted by Crippen LogP contribution is 2.39. The minimum Gasteiger partial charge on any atom is -0.326 e. The number of aryl methyl sites for hydroxylation is 1. The SMILES string of the molecule is O=C(CCc1nn2c(C3CC3)nnc2s1)Nc1cccc(Cl)c1. The summed E-state index contributed by atoms with van der Waals surface area (Å²) in [5.41, 5.74) is 0.705. The first kappa shape index (κ1) is 14.6. The molecule has 8 heteroatoms. The molecule has 0 saturated heterocycles. The van der Waals surface area contributed by atoms with Crippen LogP contribution < -0.4 is 5.32 Å². The van der Waals surface area contributed by atoms with Crippen LogP contribution in [0.25, 0.3) is 4.96 Å². The molecule has 6 nitrogen and oxygen atoms in total. The van der Waals surface area contributed by atoms with Crippen LogP contribution in [-0.4, -0.2) is 25.7 Å². The molecule has 2 heterocycles. The molecule has 3 aromatic rings. The van der Waals surface area contributed by atoms with E-state index in [1.54, 1.807) is 18.2 Å². The lowest BCUT2D eigenvalue weighted by Crippen LogP contribution is -2.12. The molecular formula is C15H14ClN5OS. The Hall–Kier alpha value is -1.99. The largest absolute Gasteiger partial charge is 0.326 e. The second-order valence-corrected chi connectivity index (χ2v) is 7.06. The zero-order chi connectivity index (χ0) is 15.8. The number of carbonyl (C=O) groups excluding carboxylic acids is 1. The second-order valence-electron chi connectivity index (χ2n) is 5.58. The molecule has 0 aliphatic heterocycles. The van der Waals surface area contributed by atoms with Crippen LogP contribution in [0.2, 0.25) is 5.02 Å². The Morgan fingerprint density at radius 3 is 3.04 bits per heavy atom. The summed E-state index contributed by atoms with van der Waals surface area (Å²) < 4.78 is 1.83. The summed E-state index contributed by atoms with van der Waals surface area (Å²) in [7, 11) is 0. The summed E-state index contributed by atoms with van der Waals surface area (Å²) in [5, 5.41) is 17.2. The van der Waals surface area contributed by atoms with E-state index in [-0.39, 0.29) is 5.91 Å². The van der Waals surface area contributed by atoms with E-state index < -0.39 is 0 Å². The van der Waals surface area contributed by atoms with Crippen molar-refractivity contribution in [2.24, 2.45) is 0 Å². The van der Waals surface area contributed by atoms with Gasteiger partial charge in [-0.2, -0.15) is 9.61 Å². The molecule has 0 radical (unpaired) electrons. The molecule has 0 spiro atoms. The van der Waals surface area contributed by atoms with Crippen LogP contribution in [0.3, 0.4) is 0 Å². The summed E-state index contributed by atoms with van der Waals surface area (Å²) in [6.07, 6.45) is 3.28. The van der Waals surface area contributed by atoms with Crippen molar-refractivity contribution in [1.82, 2.24) is 19.8 Å². The smallest absolute Gasteiger partial charge is 0.234 e. The summed E-state index contributed by atoms with van der Waals surface area (Å²) in [4.78, 5) is 12.8. The first-order valence-electron chi connectivity index (χ1n) is 7.45. The third-order valence-corrected chi connectivity index (χ3v) is 4.87. The number of hydrogen-bond donors (Lipinski definition) is 1. The zero-order valence-corrected chi connectivity index (χ0v) is 13.8. The molecule has 0 bridgehead atoms. The van der Waals surface area contributed by atoms with Gasteiger partial charge < -0.3 is 5.32 Å². The lowest BCUT2D eigenvalue weighted by molar-refractivity contribution is -0.116. The van der Waals surface area contributed by atoms with Crippen LogP contribution in [0.4, 0.5) is 5.69 Å². The Labute approximate surface area is 141 Å². The van der Waals surface area contributed by atoms with Crippen LogP contribution >= 0.6 is 22.9 Å². The van der Waals surface area contributed by atoms with Crippen LogP contribution in [0, 0.1) is 0 Å². The number of benzene rings is 1. The fraction of sp³-hybridized carbons (Fsp3) is 0.333. The van der Waals surface area contributed by atoms with Crippen LogP contribution in [0.1, 0.15) is 36.0 Å². The normalized spacial score (nSPS) is 14.3. The van der Waals surface area contributed by atoms with Crippen LogP contribution in [-0.2, 0) is 11.2 Å². The van der Waals surface area contributed by atoms with Gasteiger partial charge in [0.15, 0.2) is 5.82 Å². The van der Waals surface area contributed by atoms with E-state index in [1.165, 1.54) is 11.3 Å². The maximum absolute atomic E-state index is 12.0. The highest BCUT2D eigenvalue weighted by molar-refractivity contribution is 7.16. The predicted octanol–water partition coefficient (Wildman–Crippen LogP) is 3.29. The highest BCUT2D eigenvalue weighted by atomic mass is 35.5. The standard InChI is InChI=1S/C15H14ClN5OS/c16-10-2-1-3-11(8-10)17-12(22)6-7-13-20-21-14(9-4-5-9)18-19-15(21)23-13/h1-3,8-9H,4-7H2,(H,17,22). The first-order valence-corrected chi connectivity index (χ1v) is 8.65. The summed E-state index contributed by atoms with van der Waals surface area (Å²) in [5.74, 6) is 1.40. The number of aromatic nitrogens is 4. The van der Waals surface area contributed by atoms with Crippen molar-refractivity contribution in [2.75, 3.05) is 5.32 Å². The minimum absolute atomic E-state index is 0.0550. The molecule has 1 N–H and O–H groups in total. The fourth-order valence-corrected chi connectivity index (χ4v) is 3.41. The van der Waals surface area contributed by atoms with Gasteiger partial charge in [-0.25, -0.2) is 0 Å². The molecule has 1 aliphatic rings. The van der Waals surface area contributed by atoms with Crippen molar-refractivity contribution >= 4 is 39.5 Å². The van der Waals surface area contributed by atoms with Crippen LogP contribution in [0.15, 0.2) is 24.3 Å².